The van der Waals surface area contributed by atoms with Crippen molar-refractivity contribution in [2.45, 2.75) is 58.3 Å². The molecule has 0 aliphatic heterocycles. The number of hydrogen-bond donors (Lipinski definition) is 0. The van der Waals surface area contributed by atoms with Crippen LogP contribution < -0.4 is 0 Å². The Morgan fingerprint density at radius 1 is 1.21 bits per heavy atom. The topological polar surface area (TPSA) is 17.1 Å². The number of unbranched alkanes of at least 4 members (excludes halogenated alkanes) is 1. The highest BCUT2D eigenvalue weighted by atomic mass is 16.1. The molecule has 1 aliphatic rings. The van der Waals surface area contributed by atoms with Gasteiger partial charge in [0, 0.05) is 11.8 Å². The highest BCUT2D eigenvalue weighted by molar-refractivity contribution is 5.84. The summed E-state index contributed by atoms with van der Waals surface area (Å²) in [6.45, 7) is 4.34. The quantitative estimate of drug-likeness (QED) is 0.729. The lowest BCUT2D eigenvalue weighted by molar-refractivity contribution is -0.129. The number of ketones is 1. The third-order valence-electron chi connectivity index (χ3n) is 4.59. The minimum Gasteiger partial charge on any atom is -0.299 e. The molecule has 1 fully saturated rings. The molecule has 0 amide bonds. The van der Waals surface area contributed by atoms with E-state index in [-0.39, 0.29) is 11.8 Å². The van der Waals surface area contributed by atoms with Crippen LogP contribution in [0.5, 0.6) is 0 Å². The van der Waals surface area contributed by atoms with Crippen molar-refractivity contribution in [3.63, 3.8) is 0 Å². The summed E-state index contributed by atoms with van der Waals surface area (Å²) < 4.78 is 0. The molecule has 0 N–H and O–H groups in total. The van der Waals surface area contributed by atoms with Gasteiger partial charge in [-0.2, -0.15) is 0 Å². The van der Waals surface area contributed by atoms with Gasteiger partial charge in [-0.3, -0.25) is 4.79 Å². The first-order valence-electron chi connectivity index (χ1n) is 7.82. The van der Waals surface area contributed by atoms with Crippen LogP contribution in [0.3, 0.4) is 0 Å². The van der Waals surface area contributed by atoms with E-state index in [2.05, 4.69) is 44.2 Å². The zero-order valence-electron chi connectivity index (χ0n) is 12.3. The van der Waals surface area contributed by atoms with Crippen LogP contribution in [0.2, 0.25) is 0 Å². The van der Waals surface area contributed by atoms with E-state index in [0.29, 0.717) is 11.7 Å². The van der Waals surface area contributed by atoms with Gasteiger partial charge < -0.3 is 0 Å². The van der Waals surface area contributed by atoms with Crippen molar-refractivity contribution >= 4 is 5.78 Å². The molecule has 1 heteroatoms. The molecule has 2 rings (SSSR count). The zero-order valence-corrected chi connectivity index (χ0v) is 12.3. The van der Waals surface area contributed by atoms with Crippen LogP contribution >= 0.6 is 0 Å². The summed E-state index contributed by atoms with van der Waals surface area (Å²) >= 11 is 0. The molecule has 0 spiro atoms. The van der Waals surface area contributed by atoms with Gasteiger partial charge in [0.2, 0.25) is 0 Å². The molecule has 1 saturated carbocycles. The number of carbonyl (C=O) groups excluding carboxylic acids is 1. The smallest absolute Gasteiger partial charge is 0.139 e. The van der Waals surface area contributed by atoms with E-state index in [4.69, 9.17) is 0 Å². The van der Waals surface area contributed by atoms with Gasteiger partial charge >= 0.3 is 0 Å². The third-order valence-corrected chi connectivity index (χ3v) is 4.59. The average Bonchev–Trinajstić information content (AvgIpc) is 2.45. The van der Waals surface area contributed by atoms with Crippen LogP contribution in [0, 0.1) is 11.8 Å². The largest absolute Gasteiger partial charge is 0.299 e. The molecule has 0 bridgehead atoms. The van der Waals surface area contributed by atoms with Crippen LogP contribution in [0.25, 0.3) is 0 Å². The van der Waals surface area contributed by atoms with Crippen molar-refractivity contribution in [3.05, 3.63) is 35.9 Å². The van der Waals surface area contributed by atoms with E-state index >= 15 is 0 Å². The second-order valence-corrected chi connectivity index (χ2v) is 6.00. The molecule has 1 nitrogen and oxygen atoms in total. The molecule has 0 radical (unpaired) electrons. The number of benzene rings is 1. The number of carbonyl (C=O) groups is 1. The van der Waals surface area contributed by atoms with Crippen LogP contribution in [-0.2, 0) is 4.79 Å². The molecule has 0 aromatic heterocycles. The predicted molar refractivity (Wildman–Crippen MR) is 80.2 cm³/mol. The molecule has 3 unspecified atom stereocenters. The molecule has 0 saturated heterocycles. The lowest BCUT2D eigenvalue weighted by Gasteiger charge is -2.32. The maximum Gasteiger partial charge on any atom is 0.139 e. The third kappa shape index (κ3) is 3.46. The first-order valence-corrected chi connectivity index (χ1v) is 7.82. The maximum absolute atomic E-state index is 12.5. The molecular formula is C18H26O. The van der Waals surface area contributed by atoms with Crippen LogP contribution in [-0.4, -0.2) is 5.78 Å². The number of rotatable bonds is 5. The number of Topliss-reactive ketones (excluding diaryl/α,β-unsaturated/α-hetero) is 1. The fourth-order valence-corrected chi connectivity index (χ4v) is 3.42. The van der Waals surface area contributed by atoms with Gasteiger partial charge in [0.1, 0.15) is 5.78 Å². The van der Waals surface area contributed by atoms with Crippen molar-refractivity contribution in [2.75, 3.05) is 0 Å². The first-order chi connectivity index (χ1) is 9.24. The Morgan fingerprint density at radius 2 is 1.95 bits per heavy atom. The van der Waals surface area contributed by atoms with Crippen LogP contribution in [0.15, 0.2) is 30.3 Å². The van der Waals surface area contributed by atoms with E-state index in [1.165, 1.54) is 24.8 Å². The maximum atomic E-state index is 12.5. The molecule has 0 heterocycles. The summed E-state index contributed by atoms with van der Waals surface area (Å²) in [5, 5.41) is 0. The molecule has 3 atom stereocenters. The minimum absolute atomic E-state index is 0.262. The van der Waals surface area contributed by atoms with Gasteiger partial charge in [-0.1, -0.05) is 63.4 Å². The molecule has 19 heavy (non-hydrogen) atoms. The van der Waals surface area contributed by atoms with Crippen LogP contribution in [0.1, 0.15) is 63.9 Å². The van der Waals surface area contributed by atoms with E-state index in [1.54, 1.807) is 0 Å². The Morgan fingerprint density at radius 3 is 2.63 bits per heavy atom. The second-order valence-electron chi connectivity index (χ2n) is 6.00. The number of hydrogen-bond acceptors (Lipinski definition) is 1. The Bertz CT molecular complexity index is 395. The summed E-state index contributed by atoms with van der Waals surface area (Å²) in [5.41, 5.74) is 1.36. The molecule has 1 aliphatic carbocycles. The lowest BCUT2D eigenvalue weighted by Crippen LogP contribution is -2.31. The van der Waals surface area contributed by atoms with Gasteiger partial charge in [0.25, 0.3) is 0 Å². The van der Waals surface area contributed by atoms with E-state index in [1.807, 2.05) is 0 Å². The van der Waals surface area contributed by atoms with Crippen molar-refractivity contribution in [3.8, 4) is 0 Å². The van der Waals surface area contributed by atoms with Crippen molar-refractivity contribution in [2.24, 2.45) is 11.8 Å². The Hall–Kier alpha value is -1.11. The first kappa shape index (κ1) is 14.3. The highest BCUT2D eigenvalue weighted by Gasteiger charge is 2.34. The fourth-order valence-electron chi connectivity index (χ4n) is 3.42. The second kappa shape index (κ2) is 6.88. The normalized spacial score (nSPS) is 25.3. The summed E-state index contributed by atoms with van der Waals surface area (Å²) in [7, 11) is 0. The average molecular weight is 258 g/mol. The lowest BCUT2D eigenvalue weighted by atomic mass is 9.71. The van der Waals surface area contributed by atoms with Gasteiger partial charge in [0.15, 0.2) is 0 Å². The van der Waals surface area contributed by atoms with Crippen molar-refractivity contribution < 1.29 is 4.79 Å². The zero-order chi connectivity index (χ0) is 13.7. The summed E-state index contributed by atoms with van der Waals surface area (Å²) in [6, 6.07) is 10.7. The van der Waals surface area contributed by atoms with E-state index in [9.17, 15) is 4.79 Å². The van der Waals surface area contributed by atoms with Gasteiger partial charge in [0.05, 0.1) is 0 Å². The standard InChI is InChI=1S/C18H26O/c1-3-4-12-16(15-10-6-5-7-11-15)17-13-8-9-14(2)18(17)19/h5-7,10-11,14,16-17H,3-4,8-9,12-13H2,1-2H3. The minimum atomic E-state index is 0.262. The van der Waals surface area contributed by atoms with Gasteiger partial charge in [-0.25, -0.2) is 0 Å². The van der Waals surface area contributed by atoms with Crippen LogP contribution in [0.4, 0.5) is 0 Å². The highest BCUT2D eigenvalue weighted by Crippen LogP contribution is 2.38. The Labute approximate surface area is 117 Å². The van der Waals surface area contributed by atoms with Crippen molar-refractivity contribution in [1.82, 2.24) is 0 Å². The van der Waals surface area contributed by atoms with E-state index < -0.39 is 0 Å². The molecule has 1 aromatic carbocycles. The Kier molecular flexibility index (Phi) is 5.18. The SMILES string of the molecule is CCCCC(c1ccccc1)C1CCCC(C)C1=O. The monoisotopic (exact) mass is 258 g/mol. The van der Waals surface area contributed by atoms with E-state index in [0.717, 1.165) is 19.3 Å². The molecular weight excluding hydrogens is 232 g/mol. The van der Waals surface area contributed by atoms with Gasteiger partial charge in [-0.05, 0) is 30.7 Å². The van der Waals surface area contributed by atoms with Crippen molar-refractivity contribution in [1.29, 1.82) is 0 Å². The summed E-state index contributed by atoms with van der Waals surface area (Å²) in [4.78, 5) is 12.5. The Balaban J connectivity index is 2.19. The summed E-state index contributed by atoms with van der Waals surface area (Å²) in [6.07, 6.45) is 6.98. The molecule has 104 valence electrons. The van der Waals surface area contributed by atoms with Gasteiger partial charge in [-0.15, -0.1) is 0 Å². The predicted octanol–water partition coefficient (Wildman–Crippen LogP) is 4.97. The summed E-state index contributed by atoms with van der Waals surface area (Å²) in [5.74, 6) is 1.48. The molecule has 1 aromatic rings. The fraction of sp³-hybridized carbons (Fsp3) is 0.611.